The summed E-state index contributed by atoms with van der Waals surface area (Å²) in [7, 11) is 1.61. The minimum Gasteiger partial charge on any atom is -0.497 e. The van der Waals surface area contributed by atoms with Crippen LogP contribution in [0.25, 0.3) is 16.9 Å². The second kappa shape index (κ2) is 8.13. The van der Waals surface area contributed by atoms with E-state index in [1.54, 1.807) is 11.8 Å². The fourth-order valence-electron chi connectivity index (χ4n) is 2.47. The first kappa shape index (κ1) is 18.1. The van der Waals surface area contributed by atoms with Gasteiger partial charge in [-0.1, -0.05) is 36.7 Å². The third-order valence-electron chi connectivity index (χ3n) is 3.87. The first-order chi connectivity index (χ1) is 12.6. The van der Waals surface area contributed by atoms with Gasteiger partial charge in [0.05, 0.1) is 12.8 Å². The van der Waals surface area contributed by atoms with Crippen LogP contribution in [0.1, 0.15) is 26.2 Å². The number of ether oxygens (including phenoxy) is 1. The van der Waals surface area contributed by atoms with Crippen molar-refractivity contribution in [2.24, 2.45) is 0 Å². The SMILES string of the molecule is CCCC[C@H](Sc1ncnc2c1nnn2-c1ccc(OC)cc1)C(=O)O. The summed E-state index contributed by atoms with van der Waals surface area (Å²) in [6, 6.07) is 7.35. The van der Waals surface area contributed by atoms with Gasteiger partial charge in [0.1, 0.15) is 22.4 Å². The van der Waals surface area contributed by atoms with Crippen LogP contribution in [0.2, 0.25) is 0 Å². The third-order valence-corrected chi connectivity index (χ3v) is 5.11. The number of thioether (sulfide) groups is 1. The van der Waals surface area contributed by atoms with Crippen LogP contribution in [0, 0.1) is 0 Å². The number of hydrogen-bond acceptors (Lipinski definition) is 7. The molecule has 0 aliphatic heterocycles. The number of aliphatic carboxylic acids is 1. The van der Waals surface area contributed by atoms with E-state index in [-0.39, 0.29) is 0 Å². The predicted molar refractivity (Wildman–Crippen MR) is 97.8 cm³/mol. The average Bonchev–Trinajstić information content (AvgIpc) is 3.10. The summed E-state index contributed by atoms with van der Waals surface area (Å²) < 4.78 is 6.76. The molecule has 2 aromatic heterocycles. The molecule has 0 unspecified atom stereocenters. The maximum atomic E-state index is 11.5. The van der Waals surface area contributed by atoms with Gasteiger partial charge in [-0.3, -0.25) is 4.79 Å². The highest BCUT2D eigenvalue weighted by Crippen LogP contribution is 2.30. The molecule has 1 N–H and O–H groups in total. The van der Waals surface area contributed by atoms with Gasteiger partial charge in [0.25, 0.3) is 0 Å². The summed E-state index contributed by atoms with van der Waals surface area (Å²) in [5.41, 5.74) is 1.81. The van der Waals surface area contributed by atoms with Crippen LogP contribution in [0.5, 0.6) is 5.75 Å². The zero-order chi connectivity index (χ0) is 18.5. The van der Waals surface area contributed by atoms with Crippen LogP contribution in [0.15, 0.2) is 35.6 Å². The van der Waals surface area contributed by atoms with E-state index < -0.39 is 11.2 Å². The number of fused-ring (bicyclic) bond motifs is 1. The van der Waals surface area contributed by atoms with E-state index in [1.807, 2.05) is 31.2 Å². The minimum atomic E-state index is -0.849. The van der Waals surface area contributed by atoms with Gasteiger partial charge in [-0.05, 0) is 30.7 Å². The number of carbonyl (C=O) groups is 1. The first-order valence-corrected chi connectivity index (χ1v) is 9.12. The van der Waals surface area contributed by atoms with E-state index in [9.17, 15) is 9.90 Å². The van der Waals surface area contributed by atoms with Crippen LogP contribution in [0.4, 0.5) is 0 Å². The van der Waals surface area contributed by atoms with Crippen molar-refractivity contribution < 1.29 is 14.6 Å². The summed E-state index contributed by atoms with van der Waals surface area (Å²) in [5.74, 6) is -0.109. The topological polar surface area (TPSA) is 103 Å². The molecular weight excluding hydrogens is 354 g/mol. The number of aromatic nitrogens is 5. The maximum Gasteiger partial charge on any atom is 0.317 e. The standard InChI is InChI=1S/C17H19N5O3S/c1-3-4-5-13(17(23)24)26-16-14-15(18-10-19-16)22(21-20-14)11-6-8-12(25-2)9-7-11/h6-10,13H,3-5H2,1-2H3,(H,23,24)/t13-/m0/s1. The van der Waals surface area contributed by atoms with Crippen LogP contribution in [0.3, 0.4) is 0 Å². The molecule has 136 valence electrons. The lowest BCUT2D eigenvalue weighted by atomic mass is 10.2. The van der Waals surface area contributed by atoms with Gasteiger partial charge in [-0.25, -0.2) is 9.97 Å². The minimum absolute atomic E-state index is 0.496. The first-order valence-electron chi connectivity index (χ1n) is 8.24. The molecule has 3 aromatic rings. The predicted octanol–water partition coefficient (Wildman–Crippen LogP) is 2.95. The van der Waals surface area contributed by atoms with Crippen LogP contribution < -0.4 is 4.74 Å². The van der Waals surface area contributed by atoms with Gasteiger partial charge in [-0.2, -0.15) is 4.68 Å². The average molecular weight is 373 g/mol. The van der Waals surface area contributed by atoms with E-state index in [1.165, 1.54) is 18.1 Å². The number of rotatable bonds is 8. The summed E-state index contributed by atoms with van der Waals surface area (Å²) in [6.07, 6.45) is 3.77. The fraction of sp³-hybridized carbons (Fsp3) is 0.353. The van der Waals surface area contributed by atoms with Gasteiger partial charge in [0, 0.05) is 0 Å². The summed E-state index contributed by atoms with van der Waals surface area (Å²) in [5, 5.41) is 17.7. The molecule has 0 fully saturated rings. The number of methoxy groups -OCH3 is 1. The second-order valence-corrected chi connectivity index (χ2v) is 6.83. The summed E-state index contributed by atoms with van der Waals surface area (Å²) in [6.45, 7) is 2.03. The Hall–Kier alpha value is -2.68. The molecule has 9 heteroatoms. The van der Waals surface area contributed by atoms with Crippen molar-refractivity contribution in [1.82, 2.24) is 25.0 Å². The molecule has 0 amide bonds. The lowest BCUT2D eigenvalue weighted by Crippen LogP contribution is -2.16. The highest BCUT2D eigenvalue weighted by atomic mass is 32.2. The van der Waals surface area contributed by atoms with Gasteiger partial charge in [-0.15, -0.1) is 5.10 Å². The molecule has 0 radical (unpaired) electrons. The Morgan fingerprint density at radius 1 is 1.31 bits per heavy atom. The largest absolute Gasteiger partial charge is 0.497 e. The summed E-state index contributed by atoms with van der Waals surface area (Å²) >= 11 is 1.19. The summed E-state index contributed by atoms with van der Waals surface area (Å²) in [4.78, 5) is 20.0. The molecule has 0 aliphatic rings. The Morgan fingerprint density at radius 3 is 2.73 bits per heavy atom. The van der Waals surface area contributed by atoms with Crippen molar-refractivity contribution in [2.45, 2.75) is 36.5 Å². The molecule has 0 spiro atoms. The van der Waals surface area contributed by atoms with Gasteiger partial charge in [0.2, 0.25) is 0 Å². The number of benzene rings is 1. The Labute approximate surface area is 154 Å². The van der Waals surface area contributed by atoms with Gasteiger partial charge in [0.15, 0.2) is 11.2 Å². The molecule has 2 heterocycles. The van der Waals surface area contributed by atoms with E-state index in [4.69, 9.17) is 4.74 Å². The highest BCUT2D eigenvalue weighted by Gasteiger charge is 2.22. The van der Waals surface area contributed by atoms with Crippen LogP contribution in [-0.2, 0) is 4.79 Å². The van der Waals surface area contributed by atoms with Crippen LogP contribution in [-0.4, -0.2) is 48.4 Å². The van der Waals surface area contributed by atoms with Gasteiger partial charge < -0.3 is 9.84 Å². The number of unbranched alkanes of at least 4 members (excludes halogenated alkanes) is 1. The number of carboxylic acid groups (broad SMARTS) is 1. The molecule has 0 saturated heterocycles. The Bertz CT molecular complexity index is 897. The second-order valence-electron chi connectivity index (χ2n) is 5.64. The maximum absolute atomic E-state index is 11.5. The van der Waals surface area contributed by atoms with E-state index in [0.29, 0.717) is 22.6 Å². The number of carboxylic acids is 1. The lowest BCUT2D eigenvalue weighted by molar-refractivity contribution is -0.136. The van der Waals surface area contributed by atoms with E-state index in [0.717, 1.165) is 24.3 Å². The van der Waals surface area contributed by atoms with Gasteiger partial charge >= 0.3 is 5.97 Å². The number of hydrogen-bond donors (Lipinski definition) is 1. The Balaban J connectivity index is 1.93. The van der Waals surface area contributed by atoms with E-state index in [2.05, 4.69) is 20.3 Å². The highest BCUT2D eigenvalue weighted by molar-refractivity contribution is 8.00. The fourth-order valence-corrected chi connectivity index (χ4v) is 3.48. The number of nitrogens with zero attached hydrogens (tertiary/aromatic N) is 5. The van der Waals surface area contributed by atoms with Crippen molar-refractivity contribution in [3.8, 4) is 11.4 Å². The van der Waals surface area contributed by atoms with E-state index >= 15 is 0 Å². The molecule has 1 aromatic carbocycles. The molecule has 26 heavy (non-hydrogen) atoms. The molecule has 1 atom stereocenters. The normalized spacial score (nSPS) is 12.2. The smallest absolute Gasteiger partial charge is 0.317 e. The lowest BCUT2D eigenvalue weighted by Gasteiger charge is -2.10. The van der Waals surface area contributed by atoms with Crippen molar-refractivity contribution in [3.63, 3.8) is 0 Å². The molecule has 0 bridgehead atoms. The monoisotopic (exact) mass is 373 g/mol. The van der Waals surface area contributed by atoms with Crippen molar-refractivity contribution >= 4 is 28.9 Å². The molecule has 8 nitrogen and oxygen atoms in total. The Kier molecular flexibility index (Phi) is 5.67. The molecular formula is C17H19N5O3S. The van der Waals surface area contributed by atoms with Crippen molar-refractivity contribution in [1.29, 1.82) is 0 Å². The third kappa shape index (κ3) is 3.77. The quantitative estimate of drug-likeness (QED) is 0.475. The van der Waals surface area contributed by atoms with Crippen molar-refractivity contribution in [3.05, 3.63) is 30.6 Å². The zero-order valence-corrected chi connectivity index (χ0v) is 15.3. The zero-order valence-electron chi connectivity index (χ0n) is 14.5. The Morgan fingerprint density at radius 2 is 2.08 bits per heavy atom. The molecule has 3 rings (SSSR count). The molecule has 0 aliphatic carbocycles. The van der Waals surface area contributed by atoms with Crippen LogP contribution >= 0.6 is 11.8 Å². The molecule has 0 saturated carbocycles. The van der Waals surface area contributed by atoms with Crippen molar-refractivity contribution in [2.75, 3.05) is 7.11 Å².